The number of hydrogen-bond acceptors (Lipinski definition) is 4. The van der Waals surface area contributed by atoms with Gasteiger partial charge in [0.2, 0.25) is 0 Å². The van der Waals surface area contributed by atoms with Gasteiger partial charge in [-0.3, -0.25) is 9.59 Å². The Morgan fingerprint density at radius 2 is 1.68 bits per heavy atom. The molecule has 0 bridgehead atoms. The molecule has 0 N–H and O–H groups in total. The van der Waals surface area contributed by atoms with Crippen LogP contribution in [0.5, 0.6) is 0 Å². The van der Waals surface area contributed by atoms with Crippen molar-refractivity contribution < 1.29 is 14.3 Å². The molecule has 3 aromatic rings. The van der Waals surface area contributed by atoms with E-state index < -0.39 is 5.41 Å². The molecule has 1 aliphatic heterocycles. The molecular weight excluding hydrogens is 376 g/mol. The Bertz CT molecular complexity index is 930. The number of nitrogens with zero attached hydrogens (tertiary/aromatic N) is 2. The van der Waals surface area contributed by atoms with Crippen LogP contribution in [0.1, 0.15) is 35.1 Å². The fourth-order valence-corrected chi connectivity index (χ4v) is 3.89. The lowest BCUT2D eigenvalue weighted by atomic mass is 9.72. The second-order valence-electron chi connectivity index (χ2n) is 6.83. The van der Waals surface area contributed by atoms with Gasteiger partial charge in [-0.1, -0.05) is 60.7 Å². The number of ketones is 1. The minimum absolute atomic E-state index is 0. The smallest absolute Gasteiger partial charge is 0.321 e. The van der Waals surface area contributed by atoms with Gasteiger partial charge < -0.3 is 9.30 Å². The molecule has 0 saturated carbocycles. The summed E-state index contributed by atoms with van der Waals surface area (Å²) in [7, 11) is 0. The molecule has 0 radical (unpaired) electrons. The van der Waals surface area contributed by atoms with E-state index in [0.717, 1.165) is 11.1 Å². The van der Waals surface area contributed by atoms with Crippen molar-refractivity contribution in [1.29, 1.82) is 0 Å². The van der Waals surface area contributed by atoms with Gasteiger partial charge in [0.15, 0.2) is 11.6 Å². The van der Waals surface area contributed by atoms with E-state index in [9.17, 15) is 9.59 Å². The van der Waals surface area contributed by atoms with E-state index in [1.807, 2.05) is 60.7 Å². The minimum atomic E-state index is -0.843. The zero-order valence-electron chi connectivity index (χ0n) is 15.4. The van der Waals surface area contributed by atoms with Crippen LogP contribution in [0, 0.1) is 0 Å². The number of benzene rings is 2. The van der Waals surface area contributed by atoms with Crippen LogP contribution in [-0.4, -0.2) is 27.4 Å². The summed E-state index contributed by atoms with van der Waals surface area (Å²) in [6.45, 7) is 1.89. The van der Waals surface area contributed by atoms with Crippen LogP contribution >= 0.6 is 12.4 Å². The number of esters is 1. The van der Waals surface area contributed by atoms with Crippen molar-refractivity contribution in [2.45, 2.75) is 31.4 Å². The Labute approximate surface area is 169 Å². The first-order chi connectivity index (χ1) is 13.1. The third kappa shape index (κ3) is 3.34. The van der Waals surface area contributed by atoms with Gasteiger partial charge in [0.25, 0.3) is 0 Å². The zero-order valence-corrected chi connectivity index (χ0v) is 16.3. The number of aromatic nitrogens is 2. The van der Waals surface area contributed by atoms with Crippen LogP contribution in [0.2, 0.25) is 0 Å². The maximum absolute atomic E-state index is 13.1. The number of hydrogen-bond donors (Lipinski definition) is 0. The van der Waals surface area contributed by atoms with Gasteiger partial charge in [0.1, 0.15) is 11.5 Å². The molecule has 6 heteroatoms. The molecule has 0 amide bonds. The summed E-state index contributed by atoms with van der Waals surface area (Å²) in [6, 6.07) is 19.5. The van der Waals surface area contributed by atoms with Crippen LogP contribution in [0.15, 0.2) is 73.1 Å². The quantitative estimate of drug-likeness (QED) is 0.486. The molecule has 2 aromatic carbocycles. The largest absolute Gasteiger partial charge is 0.459 e. The maximum Gasteiger partial charge on any atom is 0.321 e. The van der Waals surface area contributed by atoms with Crippen molar-refractivity contribution in [2.75, 3.05) is 0 Å². The molecule has 2 heterocycles. The van der Waals surface area contributed by atoms with Gasteiger partial charge in [-0.2, -0.15) is 0 Å². The first-order valence-electron chi connectivity index (χ1n) is 8.95. The van der Waals surface area contributed by atoms with Gasteiger partial charge in [-0.05, 0) is 11.1 Å². The second-order valence-corrected chi connectivity index (χ2v) is 6.83. The van der Waals surface area contributed by atoms with Crippen LogP contribution in [-0.2, 0) is 21.5 Å². The van der Waals surface area contributed by atoms with Gasteiger partial charge in [0, 0.05) is 25.7 Å². The summed E-state index contributed by atoms with van der Waals surface area (Å²) in [5, 5.41) is 0. The number of Topliss-reactive ketones (excluding diaryl/α,β-unsaturated/α-hetero) is 1. The molecule has 4 rings (SSSR count). The Kier molecular flexibility index (Phi) is 5.66. The topological polar surface area (TPSA) is 61.2 Å². The van der Waals surface area contributed by atoms with Crippen molar-refractivity contribution in [3.8, 4) is 0 Å². The van der Waals surface area contributed by atoms with Crippen molar-refractivity contribution in [2.24, 2.45) is 0 Å². The van der Waals surface area contributed by atoms with E-state index in [4.69, 9.17) is 4.74 Å². The molecule has 1 fully saturated rings. The van der Waals surface area contributed by atoms with Crippen LogP contribution in [0.25, 0.3) is 0 Å². The first-order valence-corrected chi connectivity index (χ1v) is 8.95. The number of carbonyl (C=O) groups excluding carboxylic acids is 2. The van der Waals surface area contributed by atoms with Gasteiger partial charge in [0.05, 0.1) is 6.54 Å². The summed E-state index contributed by atoms with van der Waals surface area (Å²) < 4.78 is 7.55. The summed E-state index contributed by atoms with van der Waals surface area (Å²) in [4.78, 5) is 29.0. The zero-order chi connectivity index (χ0) is 18.9. The lowest BCUT2D eigenvalue weighted by Gasteiger charge is -2.26. The van der Waals surface area contributed by atoms with Gasteiger partial charge >= 0.3 is 5.97 Å². The third-order valence-electron chi connectivity index (χ3n) is 5.12. The monoisotopic (exact) mass is 396 g/mol. The number of rotatable bonds is 5. The van der Waals surface area contributed by atoms with E-state index in [1.54, 1.807) is 17.0 Å². The van der Waals surface area contributed by atoms with Crippen molar-refractivity contribution in [3.63, 3.8) is 0 Å². The minimum Gasteiger partial charge on any atom is -0.459 e. The van der Waals surface area contributed by atoms with E-state index >= 15 is 0 Å². The molecular formula is C22H21ClN2O3. The highest BCUT2D eigenvalue weighted by Gasteiger charge is 2.51. The van der Waals surface area contributed by atoms with Crippen LogP contribution < -0.4 is 0 Å². The van der Waals surface area contributed by atoms with E-state index in [0.29, 0.717) is 18.8 Å². The lowest BCUT2D eigenvalue weighted by Crippen LogP contribution is -2.33. The molecule has 28 heavy (non-hydrogen) atoms. The molecule has 144 valence electrons. The maximum atomic E-state index is 13.1. The standard InChI is InChI=1S/C22H20N2O3.ClH/c1-16(25)20-23-12-13-24(20)15-19-14-22(21(26)27-19,17-8-4-2-5-9-17)18-10-6-3-7-11-18;/h2-13,19H,14-15H2,1H3;1H. The Morgan fingerprint density at radius 1 is 1.11 bits per heavy atom. The molecule has 1 saturated heterocycles. The lowest BCUT2D eigenvalue weighted by molar-refractivity contribution is -0.145. The van der Waals surface area contributed by atoms with Crippen molar-refractivity contribution >= 4 is 24.2 Å². The molecule has 1 aliphatic rings. The fraction of sp³-hybridized carbons (Fsp3) is 0.227. The Balaban J connectivity index is 0.00000225. The Hall–Kier alpha value is -2.92. The summed E-state index contributed by atoms with van der Waals surface area (Å²) in [5.74, 6) is 0.0130. The highest BCUT2D eigenvalue weighted by atomic mass is 35.5. The average Bonchev–Trinajstić information content (AvgIpc) is 3.28. The Morgan fingerprint density at radius 3 is 2.21 bits per heavy atom. The summed E-state index contributed by atoms with van der Waals surface area (Å²) in [6.07, 6.45) is 3.50. The molecule has 0 aliphatic carbocycles. The van der Waals surface area contributed by atoms with Crippen molar-refractivity contribution in [3.05, 3.63) is 90.0 Å². The summed E-state index contributed by atoms with van der Waals surface area (Å²) >= 11 is 0. The third-order valence-corrected chi connectivity index (χ3v) is 5.12. The molecule has 1 aromatic heterocycles. The summed E-state index contributed by atoms with van der Waals surface area (Å²) in [5.41, 5.74) is 0.992. The molecule has 0 spiro atoms. The number of halogens is 1. The number of ether oxygens (including phenoxy) is 1. The highest BCUT2D eigenvalue weighted by molar-refractivity contribution is 5.91. The predicted molar refractivity (Wildman–Crippen MR) is 108 cm³/mol. The number of carbonyl (C=O) groups is 2. The van der Waals surface area contributed by atoms with Gasteiger partial charge in [-0.25, -0.2) is 4.98 Å². The predicted octanol–water partition coefficient (Wildman–Crippen LogP) is 3.81. The van der Waals surface area contributed by atoms with Crippen LogP contribution in [0.4, 0.5) is 0 Å². The first kappa shape index (κ1) is 19.8. The van der Waals surface area contributed by atoms with Crippen LogP contribution in [0.3, 0.4) is 0 Å². The second kappa shape index (κ2) is 7.98. The SMILES string of the molecule is CC(=O)c1nccn1CC1CC(c2ccccc2)(c2ccccc2)C(=O)O1.Cl. The number of cyclic esters (lactones) is 1. The average molecular weight is 397 g/mol. The number of imidazole rings is 1. The normalized spacial score (nSPS) is 17.6. The highest BCUT2D eigenvalue weighted by Crippen LogP contribution is 2.43. The van der Waals surface area contributed by atoms with Crippen molar-refractivity contribution in [1.82, 2.24) is 9.55 Å². The molecule has 1 atom stereocenters. The molecule has 5 nitrogen and oxygen atoms in total. The van der Waals surface area contributed by atoms with E-state index in [1.165, 1.54) is 6.92 Å². The van der Waals surface area contributed by atoms with Gasteiger partial charge in [-0.15, -0.1) is 12.4 Å². The fourth-order valence-electron chi connectivity index (χ4n) is 3.89. The van der Waals surface area contributed by atoms with E-state index in [2.05, 4.69) is 4.98 Å². The van der Waals surface area contributed by atoms with E-state index in [-0.39, 0.29) is 30.3 Å². The molecule has 1 unspecified atom stereocenters.